The summed E-state index contributed by atoms with van der Waals surface area (Å²) in [6, 6.07) is 22.6. The molecule has 8 heteroatoms. The second-order valence-corrected chi connectivity index (χ2v) is 11.4. The molecule has 182 valence electrons. The summed E-state index contributed by atoms with van der Waals surface area (Å²) >= 11 is 0. The number of hydrogen-bond acceptors (Lipinski definition) is 4. The van der Waals surface area contributed by atoms with Crippen LogP contribution in [0.15, 0.2) is 96.0 Å². The topological polar surface area (TPSA) is 78.0 Å². The standard InChI is InChI=1S/C28H25N3O4S/c1-18-13-15-20(16-14-18)28-17-24-26(33)29(3)19(2)25(32)30(24)27(28)31(23-12-8-7-11-22(23)28)36(34,35)21-9-5-4-6-10-21/h4-16,24,27H,2,17H2,1,3H3/t24-,27+,28+/m1/s1. The number of carbonyl (C=O) groups is 2. The monoisotopic (exact) mass is 499 g/mol. The van der Waals surface area contributed by atoms with Gasteiger partial charge in [0.2, 0.25) is 5.91 Å². The van der Waals surface area contributed by atoms with Crippen molar-refractivity contribution in [3.63, 3.8) is 0 Å². The van der Waals surface area contributed by atoms with Crippen molar-refractivity contribution >= 4 is 27.5 Å². The Labute approximate surface area is 210 Å². The Morgan fingerprint density at radius 1 is 0.917 bits per heavy atom. The Balaban J connectivity index is 1.68. The number of anilines is 1. The smallest absolute Gasteiger partial charge is 0.272 e. The molecule has 3 aliphatic heterocycles. The first-order chi connectivity index (χ1) is 17.2. The van der Waals surface area contributed by atoms with E-state index < -0.39 is 33.6 Å². The second-order valence-electron chi connectivity index (χ2n) is 9.62. The SMILES string of the molecule is C=C1C(=O)N2[C@H](C[C@]3(c4ccc(C)cc4)c4ccccc4N(S(=O)(=O)c4ccccc4)[C@H]23)C(=O)N1C. The third kappa shape index (κ3) is 2.76. The Kier molecular flexibility index (Phi) is 4.72. The van der Waals surface area contributed by atoms with Crippen molar-refractivity contribution in [3.05, 3.63) is 108 Å². The maximum atomic E-state index is 14.2. The lowest BCUT2D eigenvalue weighted by molar-refractivity contribution is -0.149. The molecule has 2 saturated heterocycles. The molecule has 0 aromatic heterocycles. The van der Waals surface area contributed by atoms with Crippen LogP contribution < -0.4 is 4.31 Å². The molecule has 3 heterocycles. The predicted molar refractivity (Wildman–Crippen MR) is 135 cm³/mol. The van der Waals surface area contributed by atoms with Gasteiger partial charge in [0, 0.05) is 7.05 Å². The average molecular weight is 500 g/mol. The highest BCUT2D eigenvalue weighted by Crippen LogP contribution is 2.59. The van der Waals surface area contributed by atoms with E-state index in [2.05, 4.69) is 6.58 Å². The van der Waals surface area contributed by atoms with E-state index in [1.807, 2.05) is 43.3 Å². The van der Waals surface area contributed by atoms with Gasteiger partial charge in [0.25, 0.3) is 15.9 Å². The summed E-state index contributed by atoms with van der Waals surface area (Å²) in [5.74, 6) is -0.711. The van der Waals surface area contributed by atoms with Crippen LogP contribution in [0.2, 0.25) is 0 Å². The minimum absolute atomic E-state index is 0.0315. The van der Waals surface area contributed by atoms with Gasteiger partial charge in [0.05, 0.1) is 16.0 Å². The molecule has 0 aliphatic carbocycles. The van der Waals surface area contributed by atoms with E-state index >= 15 is 0 Å². The van der Waals surface area contributed by atoms with Gasteiger partial charge in [-0.3, -0.25) is 9.59 Å². The third-order valence-electron chi connectivity index (χ3n) is 7.77. The Morgan fingerprint density at radius 3 is 2.25 bits per heavy atom. The van der Waals surface area contributed by atoms with E-state index in [9.17, 15) is 18.0 Å². The summed E-state index contributed by atoms with van der Waals surface area (Å²) < 4.78 is 29.8. The number of carbonyl (C=O) groups excluding carboxylic acids is 2. The van der Waals surface area contributed by atoms with Crippen molar-refractivity contribution in [2.75, 3.05) is 11.4 Å². The van der Waals surface area contributed by atoms with Crippen LogP contribution in [0, 0.1) is 6.92 Å². The number of nitrogens with zero attached hydrogens (tertiary/aromatic N) is 3. The van der Waals surface area contributed by atoms with Gasteiger partial charge in [-0.2, -0.15) is 0 Å². The van der Waals surface area contributed by atoms with Crippen LogP contribution in [-0.4, -0.2) is 49.3 Å². The van der Waals surface area contributed by atoms with Gasteiger partial charge >= 0.3 is 0 Å². The predicted octanol–water partition coefficient (Wildman–Crippen LogP) is 3.40. The van der Waals surface area contributed by atoms with E-state index in [0.717, 1.165) is 16.7 Å². The molecular weight excluding hydrogens is 474 g/mol. The van der Waals surface area contributed by atoms with Gasteiger partial charge in [0.1, 0.15) is 17.9 Å². The zero-order chi connectivity index (χ0) is 25.4. The van der Waals surface area contributed by atoms with Gasteiger partial charge in [-0.1, -0.05) is 72.8 Å². The van der Waals surface area contributed by atoms with Gasteiger partial charge < -0.3 is 9.80 Å². The largest absolute Gasteiger partial charge is 0.309 e. The number of rotatable bonds is 3. The minimum atomic E-state index is -4.10. The van der Waals surface area contributed by atoms with Crippen LogP contribution in [-0.2, 0) is 25.0 Å². The van der Waals surface area contributed by atoms with Crippen molar-refractivity contribution in [2.45, 2.75) is 35.9 Å². The van der Waals surface area contributed by atoms with E-state index in [4.69, 9.17) is 0 Å². The molecular formula is C28H25N3O4S. The van der Waals surface area contributed by atoms with Crippen molar-refractivity contribution in [1.29, 1.82) is 0 Å². The highest BCUT2D eigenvalue weighted by molar-refractivity contribution is 7.92. The second kappa shape index (κ2) is 7.54. The maximum Gasteiger partial charge on any atom is 0.272 e. The minimum Gasteiger partial charge on any atom is -0.309 e. The molecule has 0 bridgehead atoms. The van der Waals surface area contributed by atoms with Crippen LogP contribution in [0.1, 0.15) is 23.1 Å². The lowest BCUT2D eigenvalue weighted by atomic mass is 9.72. The first-order valence-corrected chi connectivity index (χ1v) is 13.2. The van der Waals surface area contributed by atoms with Crippen molar-refractivity contribution in [2.24, 2.45) is 0 Å². The molecule has 0 spiro atoms. The summed E-state index contributed by atoms with van der Waals surface area (Å²) in [5, 5.41) is 0. The molecule has 36 heavy (non-hydrogen) atoms. The Morgan fingerprint density at radius 2 is 1.56 bits per heavy atom. The summed E-state index contributed by atoms with van der Waals surface area (Å²) in [6.07, 6.45) is -0.699. The normalized spacial score (nSPS) is 25.2. The molecule has 3 atom stereocenters. The number of amides is 2. The quantitative estimate of drug-likeness (QED) is 0.518. The molecule has 0 N–H and O–H groups in total. The van der Waals surface area contributed by atoms with E-state index in [1.54, 1.807) is 49.5 Å². The zero-order valence-corrected chi connectivity index (χ0v) is 20.8. The van der Waals surface area contributed by atoms with Crippen molar-refractivity contribution < 1.29 is 18.0 Å². The fraction of sp³-hybridized carbons (Fsp3) is 0.214. The molecule has 3 aliphatic rings. The van der Waals surface area contributed by atoms with Gasteiger partial charge in [-0.25, -0.2) is 12.7 Å². The number of aryl methyl sites for hydroxylation is 1. The van der Waals surface area contributed by atoms with Gasteiger partial charge in [0.15, 0.2) is 0 Å². The summed E-state index contributed by atoms with van der Waals surface area (Å²) in [4.78, 5) is 30.0. The fourth-order valence-electron chi connectivity index (χ4n) is 6.00. The van der Waals surface area contributed by atoms with Crippen molar-refractivity contribution in [1.82, 2.24) is 9.80 Å². The summed E-state index contributed by atoms with van der Waals surface area (Å²) in [7, 11) is -2.56. The number of fused-ring (bicyclic) bond motifs is 5. The van der Waals surface area contributed by atoms with Crippen LogP contribution >= 0.6 is 0 Å². The molecule has 3 aromatic rings. The fourth-order valence-corrected chi connectivity index (χ4v) is 7.69. The number of benzene rings is 3. The zero-order valence-electron chi connectivity index (χ0n) is 20.0. The van der Waals surface area contributed by atoms with Crippen LogP contribution in [0.5, 0.6) is 0 Å². The summed E-state index contributed by atoms with van der Waals surface area (Å²) in [6.45, 7) is 5.83. The number of para-hydroxylation sites is 1. The van der Waals surface area contributed by atoms with Gasteiger partial charge in [-0.15, -0.1) is 0 Å². The molecule has 0 saturated carbocycles. The van der Waals surface area contributed by atoms with Crippen LogP contribution in [0.4, 0.5) is 5.69 Å². The molecule has 7 nitrogen and oxygen atoms in total. The number of piperazine rings is 1. The highest BCUT2D eigenvalue weighted by atomic mass is 32.2. The number of likely N-dealkylation sites (N-methyl/N-ethyl adjacent to an activating group) is 1. The first kappa shape index (κ1) is 22.5. The number of sulfonamides is 1. The van der Waals surface area contributed by atoms with Crippen LogP contribution in [0.25, 0.3) is 0 Å². The lowest BCUT2D eigenvalue weighted by Gasteiger charge is -2.42. The molecule has 3 aromatic carbocycles. The maximum absolute atomic E-state index is 14.2. The molecule has 6 rings (SSSR count). The van der Waals surface area contributed by atoms with Crippen LogP contribution in [0.3, 0.4) is 0 Å². The Bertz CT molecular complexity index is 1530. The number of hydrogen-bond donors (Lipinski definition) is 0. The third-order valence-corrected chi connectivity index (χ3v) is 9.55. The molecule has 2 amide bonds. The summed E-state index contributed by atoms with van der Waals surface area (Å²) in [5.41, 5.74) is 2.30. The van der Waals surface area contributed by atoms with Crippen molar-refractivity contribution in [3.8, 4) is 0 Å². The molecule has 0 unspecified atom stereocenters. The first-order valence-electron chi connectivity index (χ1n) is 11.7. The molecule has 2 fully saturated rings. The van der Waals surface area contributed by atoms with E-state index in [0.29, 0.717) is 5.69 Å². The highest BCUT2D eigenvalue weighted by Gasteiger charge is 2.68. The Hall–Kier alpha value is -3.91. The average Bonchev–Trinajstić information content (AvgIpc) is 3.38. The molecule has 0 radical (unpaired) electrons. The van der Waals surface area contributed by atoms with E-state index in [-0.39, 0.29) is 22.9 Å². The van der Waals surface area contributed by atoms with E-state index in [1.165, 1.54) is 14.1 Å². The van der Waals surface area contributed by atoms with Gasteiger partial charge in [-0.05, 0) is 42.7 Å². The lowest BCUT2D eigenvalue weighted by Crippen LogP contribution is -2.61.